The molecule has 0 radical (unpaired) electrons. The molecule has 1 aromatic heterocycles. The fourth-order valence-electron chi connectivity index (χ4n) is 1.02. The summed E-state index contributed by atoms with van der Waals surface area (Å²) in [7, 11) is 1.83. The molecule has 1 unspecified atom stereocenters. The van der Waals surface area contributed by atoms with E-state index in [9.17, 15) is 4.79 Å². The highest BCUT2D eigenvalue weighted by Gasteiger charge is 2.10. The molecule has 0 saturated heterocycles. The van der Waals surface area contributed by atoms with Gasteiger partial charge in [0.2, 0.25) is 0 Å². The summed E-state index contributed by atoms with van der Waals surface area (Å²) in [5.41, 5.74) is 6.30. The Kier molecular flexibility index (Phi) is 3.61. The topological polar surface area (TPSA) is 93.2 Å². The van der Waals surface area contributed by atoms with Gasteiger partial charge in [0.15, 0.2) is 0 Å². The highest BCUT2D eigenvalue weighted by Crippen LogP contribution is 1.94. The summed E-state index contributed by atoms with van der Waals surface area (Å²) >= 11 is 0. The number of hydrogen-bond acceptors (Lipinski definition) is 4. The fraction of sp³-hybridized carbons (Fsp3) is 0.500. The minimum absolute atomic E-state index is 0.251. The standard InChI is InChI=1S/C8H14N4O2/c1-12-6(2-3-11-12)4-10-5-7(9)8(13)14/h2-3,7,10H,4-5,9H2,1H3,(H,13,14). The number of rotatable bonds is 5. The van der Waals surface area contributed by atoms with Crippen LogP contribution < -0.4 is 11.1 Å². The van der Waals surface area contributed by atoms with Gasteiger partial charge in [0, 0.05) is 26.3 Å². The van der Waals surface area contributed by atoms with Crippen molar-refractivity contribution in [3.8, 4) is 0 Å². The zero-order valence-electron chi connectivity index (χ0n) is 7.97. The van der Waals surface area contributed by atoms with Gasteiger partial charge in [-0.3, -0.25) is 9.48 Å². The molecule has 0 spiro atoms. The van der Waals surface area contributed by atoms with Crippen molar-refractivity contribution in [1.29, 1.82) is 0 Å². The molecule has 14 heavy (non-hydrogen) atoms. The van der Waals surface area contributed by atoms with Crippen molar-refractivity contribution in [1.82, 2.24) is 15.1 Å². The first kappa shape index (κ1) is 10.7. The van der Waals surface area contributed by atoms with Gasteiger partial charge in [-0.1, -0.05) is 0 Å². The summed E-state index contributed by atoms with van der Waals surface area (Å²) in [6, 6.07) is 1.00. The Morgan fingerprint density at radius 2 is 2.57 bits per heavy atom. The number of aliphatic carboxylic acids is 1. The van der Waals surface area contributed by atoms with E-state index < -0.39 is 12.0 Å². The summed E-state index contributed by atoms with van der Waals surface area (Å²) < 4.78 is 1.72. The molecule has 6 nitrogen and oxygen atoms in total. The van der Waals surface area contributed by atoms with Crippen LogP contribution in [0.1, 0.15) is 5.69 Å². The van der Waals surface area contributed by atoms with Crippen LogP contribution >= 0.6 is 0 Å². The van der Waals surface area contributed by atoms with E-state index in [4.69, 9.17) is 10.8 Å². The number of aromatic nitrogens is 2. The van der Waals surface area contributed by atoms with Gasteiger partial charge in [0.25, 0.3) is 0 Å². The third kappa shape index (κ3) is 2.82. The Balaban J connectivity index is 2.29. The van der Waals surface area contributed by atoms with Crippen molar-refractivity contribution in [2.75, 3.05) is 6.54 Å². The largest absolute Gasteiger partial charge is 0.480 e. The number of nitrogens with two attached hydrogens (primary N) is 1. The lowest BCUT2D eigenvalue weighted by Crippen LogP contribution is -2.40. The molecule has 0 bridgehead atoms. The number of carbonyl (C=O) groups is 1. The Morgan fingerprint density at radius 3 is 3.07 bits per heavy atom. The first-order valence-electron chi connectivity index (χ1n) is 4.27. The molecule has 4 N–H and O–H groups in total. The average Bonchev–Trinajstić information content (AvgIpc) is 2.51. The molecule has 0 aliphatic heterocycles. The molecule has 0 saturated carbocycles. The van der Waals surface area contributed by atoms with Crippen molar-refractivity contribution in [2.24, 2.45) is 12.8 Å². The van der Waals surface area contributed by atoms with Crippen LogP contribution in [0.4, 0.5) is 0 Å². The minimum atomic E-state index is -0.998. The zero-order valence-corrected chi connectivity index (χ0v) is 7.97. The third-order valence-corrected chi connectivity index (χ3v) is 1.91. The monoisotopic (exact) mass is 198 g/mol. The average molecular weight is 198 g/mol. The molecule has 0 fully saturated rings. The van der Waals surface area contributed by atoms with Gasteiger partial charge in [-0.15, -0.1) is 0 Å². The Labute approximate surface area is 81.7 Å². The van der Waals surface area contributed by atoms with E-state index >= 15 is 0 Å². The van der Waals surface area contributed by atoms with Gasteiger partial charge in [-0.05, 0) is 6.07 Å². The smallest absolute Gasteiger partial charge is 0.321 e. The van der Waals surface area contributed by atoms with E-state index in [2.05, 4.69) is 10.4 Å². The molecule has 0 aliphatic carbocycles. The molecule has 1 aromatic rings. The second-order valence-electron chi connectivity index (χ2n) is 3.02. The third-order valence-electron chi connectivity index (χ3n) is 1.91. The predicted octanol–water partition coefficient (Wildman–Crippen LogP) is -1.08. The summed E-state index contributed by atoms with van der Waals surface area (Å²) in [6.07, 6.45) is 1.69. The number of nitrogens with one attached hydrogen (secondary N) is 1. The first-order valence-corrected chi connectivity index (χ1v) is 4.27. The van der Waals surface area contributed by atoms with Crippen molar-refractivity contribution >= 4 is 5.97 Å². The predicted molar refractivity (Wildman–Crippen MR) is 50.5 cm³/mol. The molecular formula is C8H14N4O2. The quantitative estimate of drug-likeness (QED) is 0.559. The normalized spacial score (nSPS) is 12.7. The van der Waals surface area contributed by atoms with Crippen LogP contribution in [0.15, 0.2) is 12.3 Å². The maximum absolute atomic E-state index is 10.4. The van der Waals surface area contributed by atoms with Gasteiger partial charge in [0.05, 0.1) is 5.69 Å². The number of hydrogen-bond donors (Lipinski definition) is 3. The van der Waals surface area contributed by atoms with E-state index in [1.807, 2.05) is 13.1 Å². The fourth-order valence-corrected chi connectivity index (χ4v) is 1.02. The number of carboxylic acids is 1. The highest BCUT2D eigenvalue weighted by molar-refractivity contribution is 5.73. The first-order chi connectivity index (χ1) is 6.61. The summed E-state index contributed by atoms with van der Waals surface area (Å²) in [6.45, 7) is 0.817. The number of nitrogens with zero attached hydrogens (tertiary/aromatic N) is 2. The Hall–Kier alpha value is -1.40. The van der Waals surface area contributed by atoms with Crippen LogP contribution in [-0.4, -0.2) is 33.4 Å². The van der Waals surface area contributed by atoms with Crippen LogP contribution in [0.2, 0.25) is 0 Å². The second-order valence-corrected chi connectivity index (χ2v) is 3.02. The lowest BCUT2D eigenvalue weighted by atomic mass is 10.3. The van der Waals surface area contributed by atoms with E-state index in [1.54, 1.807) is 10.9 Å². The number of carboxylic acid groups (broad SMARTS) is 1. The van der Waals surface area contributed by atoms with Crippen molar-refractivity contribution in [2.45, 2.75) is 12.6 Å². The molecular weight excluding hydrogens is 184 g/mol. The van der Waals surface area contributed by atoms with Crippen LogP contribution in [0.25, 0.3) is 0 Å². The van der Waals surface area contributed by atoms with Crippen LogP contribution in [0.5, 0.6) is 0 Å². The molecule has 0 aliphatic rings. The molecule has 1 rings (SSSR count). The highest BCUT2D eigenvalue weighted by atomic mass is 16.4. The maximum Gasteiger partial charge on any atom is 0.321 e. The van der Waals surface area contributed by atoms with Crippen molar-refractivity contribution in [3.63, 3.8) is 0 Å². The summed E-state index contributed by atoms with van der Waals surface area (Å²) in [5, 5.41) is 15.4. The molecule has 78 valence electrons. The molecule has 1 atom stereocenters. The van der Waals surface area contributed by atoms with Gasteiger partial charge in [-0.2, -0.15) is 5.10 Å². The minimum Gasteiger partial charge on any atom is -0.480 e. The van der Waals surface area contributed by atoms with Gasteiger partial charge in [-0.25, -0.2) is 0 Å². The SMILES string of the molecule is Cn1nccc1CNCC(N)C(=O)O. The Morgan fingerprint density at radius 1 is 1.86 bits per heavy atom. The van der Waals surface area contributed by atoms with E-state index in [1.165, 1.54) is 0 Å². The molecule has 0 amide bonds. The van der Waals surface area contributed by atoms with E-state index in [0.29, 0.717) is 6.54 Å². The second kappa shape index (κ2) is 4.73. The lowest BCUT2D eigenvalue weighted by molar-refractivity contribution is -0.138. The van der Waals surface area contributed by atoms with Gasteiger partial charge in [0.1, 0.15) is 6.04 Å². The molecule has 0 aromatic carbocycles. The van der Waals surface area contributed by atoms with Crippen LogP contribution in [-0.2, 0) is 18.4 Å². The summed E-state index contributed by atoms with van der Waals surface area (Å²) in [4.78, 5) is 10.4. The van der Waals surface area contributed by atoms with E-state index in [-0.39, 0.29) is 6.54 Å². The van der Waals surface area contributed by atoms with Crippen LogP contribution in [0.3, 0.4) is 0 Å². The summed E-state index contributed by atoms with van der Waals surface area (Å²) in [5.74, 6) is -0.998. The lowest BCUT2D eigenvalue weighted by Gasteiger charge is -2.08. The molecule has 1 heterocycles. The maximum atomic E-state index is 10.4. The van der Waals surface area contributed by atoms with Crippen LogP contribution in [0, 0.1) is 0 Å². The van der Waals surface area contributed by atoms with Crippen molar-refractivity contribution in [3.05, 3.63) is 18.0 Å². The van der Waals surface area contributed by atoms with Gasteiger partial charge < -0.3 is 16.2 Å². The number of aryl methyl sites for hydroxylation is 1. The van der Waals surface area contributed by atoms with Crippen molar-refractivity contribution < 1.29 is 9.90 Å². The van der Waals surface area contributed by atoms with E-state index in [0.717, 1.165) is 5.69 Å². The molecule has 6 heteroatoms. The zero-order chi connectivity index (χ0) is 10.6. The van der Waals surface area contributed by atoms with Gasteiger partial charge >= 0.3 is 5.97 Å². The Bertz CT molecular complexity index is 310.